The summed E-state index contributed by atoms with van der Waals surface area (Å²) in [5.74, 6) is -0.0452. The lowest BCUT2D eigenvalue weighted by molar-refractivity contribution is -0.116. The summed E-state index contributed by atoms with van der Waals surface area (Å²) in [7, 11) is 0. The maximum absolute atomic E-state index is 13.3. The molecule has 0 saturated carbocycles. The number of likely N-dealkylation sites (tertiary alicyclic amines) is 1. The monoisotopic (exact) mass is 227 g/mol. The van der Waals surface area contributed by atoms with Crippen molar-refractivity contribution in [3.05, 3.63) is 34.6 Å². The fourth-order valence-corrected chi connectivity index (χ4v) is 1.93. The lowest BCUT2D eigenvalue weighted by Crippen LogP contribution is -2.20. The molecular formula is C11H11ClFNO. The van der Waals surface area contributed by atoms with Gasteiger partial charge in [0, 0.05) is 30.1 Å². The Hall–Kier alpha value is -0.930. The quantitative estimate of drug-likeness (QED) is 0.773. The number of carbonyl (C=O) groups is 1. The molecule has 0 bridgehead atoms. The zero-order valence-corrected chi connectivity index (χ0v) is 8.93. The Morgan fingerprint density at radius 3 is 2.93 bits per heavy atom. The average Bonchev–Trinajstić information content (AvgIpc) is 2.58. The first-order chi connectivity index (χ1) is 7.15. The van der Waals surface area contributed by atoms with Crippen molar-refractivity contribution >= 4 is 17.4 Å². The van der Waals surface area contributed by atoms with Crippen LogP contribution < -0.4 is 0 Å². The van der Waals surface area contributed by atoms with Gasteiger partial charge in [-0.3, -0.25) is 9.69 Å². The molecule has 15 heavy (non-hydrogen) atoms. The number of nitrogens with zero attached hydrogens (tertiary/aromatic N) is 1. The summed E-state index contributed by atoms with van der Waals surface area (Å²) in [5, 5.41) is 0.525. The Balaban J connectivity index is 2.10. The fourth-order valence-electron chi connectivity index (χ4n) is 1.73. The predicted molar refractivity (Wildman–Crippen MR) is 56.3 cm³/mol. The molecule has 1 aromatic rings. The van der Waals surface area contributed by atoms with Gasteiger partial charge < -0.3 is 0 Å². The summed E-state index contributed by atoms with van der Waals surface area (Å²) in [5.41, 5.74) is 0.553. The molecule has 80 valence electrons. The Kier molecular flexibility index (Phi) is 3.03. The van der Waals surface area contributed by atoms with E-state index in [1.807, 2.05) is 4.90 Å². The highest BCUT2D eigenvalue weighted by molar-refractivity contribution is 6.30. The van der Waals surface area contributed by atoms with Crippen LogP contribution in [-0.2, 0) is 11.3 Å². The zero-order chi connectivity index (χ0) is 10.8. The maximum atomic E-state index is 13.3. The van der Waals surface area contributed by atoms with Crippen LogP contribution in [0.2, 0.25) is 5.02 Å². The number of carbonyl (C=O) groups excluding carboxylic acids is 1. The van der Waals surface area contributed by atoms with E-state index in [0.717, 1.165) is 0 Å². The van der Waals surface area contributed by atoms with Gasteiger partial charge in [-0.05, 0) is 18.2 Å². The Labute approximate surface area is 92.6 Å². The summed E-state index contributed by atoms with van der Waals surface area (Å²) in [4.78, 5) is 13.0. The molecule has 1 heterocycles. The molecule has 1 saturated heterocycles. The molecule has 0 aromatic heterocycles. The van der Waals surface area contributed by atoms with Crippen LogP contribution >= 0.6 is 11.6 Å². The number of hydrogen-bond acceptors (Lipinski definition) is 2. The minimum atomic E-state index is -0.265. The molecule has 1 aromatic carbocycles. The molecule has 0 aliphatic carbocycles. The van der Waals surface area contributed by atoms with Crippen molar-refractivity contribution < 1.29 is 9.18 Å². The number of hydrogen-bond donors (Lipinski definition) is 0. The van der Waals surface area contributed by atoms with E-state index >= 15 is 0 Å². The molecule has 2 nitrogen and oxygen atoms in total. The highest BCUT2D eigenvalue weighted by Gasteiger charge is 2.20. The summed E-state index contributed by atoms with van der Waals surface area (Å²) >= 11 is 5.78. The highest BCUT2D eigenvalue weighted by Crippen LogP contribution is 2.18. The van der Waals surface area contributed by atoms with E-state index in [1.54, 1.807) is 6.07 Å². The highest BCUT2D eigenvalue weighted by atomic mass is 35.5. The molecule has 0 radical (unpaired) electrons. The molecule has 0 unspecified atom stereocenters. The van der Waals surface area contributed by atoms with E-state index in [0.29, 0.717) is 36.6 Å². The average molecular weight is 228 g/mol. The van der Waals surface area contributed by atoms with Crippen molar-refractivity contribution in [2.24, 2.45) is 0 Å². The van der Waals surface area contributed by atoms with Crippen LogP contribution in [0.3, 0.4) is 0 Å². The second-order valence-corrected chi connectivity index (χ2v) is 4.17. The molecule has 0 spiro atoms. The van der Waals surface area contributed by atoms with Crippen molar-refractivity contribution in [2.75, 3.05) is 13.1 Å². The molecular weight excluding hydrogens is 217 g/mol. The van der Waals surface area contributed by atoms with Crippen molar-refractivity contribution in [3.63, 3.8) is 0 Å². The van der Waals surface area contributed by atoms with Crippen LogP contribution in [0.5, 0.6) is 0 Å². The summed E-state index contributed by atoms with van der Waals surface area (Å²) in [6.45, 7) is 1.59. The Morgan fingerprint density at radius 1 is 1.47 bits per heavy atom. The Bertz CT molecular complexity index is 394. The van der Waals surface area contributed by atoms with Crippen molar-refractivity contribution in [2.45, 2.75) is 13.0 Å². The molecule has 1 aliphatic rings. The molecule has 0 amide bonds. The third-order valence-corrected chi connectivity index (χ3v) is 2.74. The van der Waals surface area contributed by atoms with E-state index in [9.17, 15) is 9.18 Å². The topological polar surface area (TPSA) is 20.3 Å². The molecule has 0 atom stereocenters. The Morgan fingerprint density at radius 2 is 2.27 bits per heavy atom. The van der Waals surface area contributed by atoms with E-state index in [1.165, 1.54) is 12.1 Å². The normalized spacial score (nSPS) is 17.3. The van der Waals surface area contributed by atoms with Gasteiger partial charge in [0.05, 0.1) is 6.54 Å². The zero-order valence-electron chi connectivity index (χ0n) is 8.17. The third kappa shape index (κ3) is 2.55. The van der Waals surface area contributed by atoms with Gasteiger partial charge in [0.1, 0.15) is 11.6 Å². The predicted octanol–water partition coefficient (Wildman–Crippen LogP) is 2.25. The first-order valence-electron chi connectivity index (χ1n) is 4.83. The van der Waals surface area contributed by atoms with E-state index in [2.05, 4.69) is 0 Å². The molecule has 1 fully saturated rings. The minimum Gasteiger partial charge on any atom is -0.298 e. The first-order valence-corrected chi connectivity index (χ1v) is 5.21. The number of rotatable bonds is 2. The smallest absolute Gasteiger partial charge is 0.148 e. The van der Waals surface area contributed by atoms with Gasteiger partial charge in [-0.25, -0.2) is 4.39 Å². The van der Waals surface area contributed by atoms with Gasteiger partial charge in [0.25, 0.3) is 0 Å². The second kappa shape index (κ2) is 4.29. The number of halogens is 2. The van der Waals surface area contributed by atoms with Crippen molar-refractivity contribution in [1.29, 1.82) is 0 Å². The number of ketones is 1. The first kappa shape index (κ1) is 10.6. The molecule has 1 aliphatic heterocycles. The van der Waals surface area contributed by atoms with Crippen LogP contribution in [-0.4, -0.2) is 23.8 Å². The maximum Gasteiger partial charge on any atom is 0.148 e. The van der Waals surface area contributed by atoms with Crippen molar-refractivity contribution in [1.82, 2.24) is 4.90 Å². The van der Waals surface area contributed by atoms with E-state index < -0.39 is 0 Å². The molecule has 0 N–H and O–H groups in total. The minimum absolute atomic E-state index is 0.220. The number of Topliss-reactive ketones (excluding diaryl/α,β-unsaturated/α-hetero) is 1. The van der Waals surface area contributed by atoms with Crippen LogP contribution in [0.15, 0.2) is 18.2 Å². The number of benzene rings is 1. The third-order valence-electron chi connectivity index (χ3n) is 2.51. The summed E-state index contributed by atoms with van der Waals surface area (Å²) < 4.78 is 13.3. The summed E-state index contributed by atoms with van der Waals surface area (Å²) in [6.07, 6.45) is 0.572. The molecule has 2 rings (SSSR count). The van der Waals surface area contributed by atoms with E-state index in [-0.39, 0.29) is 11.6 Å². The van der Waals surface area contributed by atoms with Crippen molar-refractivity contribution in [3.8, 4) is 0 Å². The van der Waals surface area contributed by atoms with Gasteiger partial charge in [0.15, 0.2) is 0 Å². The van der Waals surface area contributed by atoms with Crippen LogP contribution in [0.1, 0.15) is 12.0 Å². The van der Waals surface area contributed by atoms with Gasteiger partial charge in [-0.15, -0.1) is 0 Å². The fraction of sp³-hybridized carbons (Fsp3) is 0.364. The van der Waals surface area contributed by atoms with Crippen LogP contribution in [0.4, 0.5) is 4.39 Å². The lowest BCUT2D eigenvalue weighted by atomic mass is 10.2. The lowest BCUT2D eigenvalue weighted by Gasteiger charge is -2.14. The summed E-state index contributed by atoms with van der Waals surface area (Å²) in [6, 6.07) is 4.49. The van der Waals surface area contributed by atoms with Gasteiger partial charge >= 0.3 is 0 Å². The van der Waals surface area contributed by atoms with Crippen LogP contribution in [0, 0.1) is 5.82 Å². The van der Waals surface area contributed by atoms with Crippen LogP contribution in [0.25, 0.3) is 0 Å². The van der Waals surface area contributed by atoms with Gasteiger partial charge in [-0.1, -0.05) is 11.6 Å². The largest absolute Gasteiger partial charge is 0.298 e. The second-order valence-electron chi connectivity index (χ2n) is 3.74. The van der Waals surface area contributed by atoms with E-state index in [4.69, 9.17) is 11.6 Å². The molecule has 4 heteroatoms. The standard InChI is InChI=1S/C11H11ClFNO/c12-9-1-2-11(13)8(5-9)6-14-4-3-10(15)7-14/h1-2,5H,3-4,6-7H2. The SMILES string of the molecule is O=C1CCN(Cc2cc(Cl)ccc2F)C1. The van der Waals surface area contributed by atoms with Gasteiger partial charge in [0.2, 0.25) is 0 Å². The van der Waals surface area contributed by atoms with Gasteiger partial charge in [-0.2, -0.15) is 0 Å².